The molecule has 0 bridgehead atoms. The summed E-state index contributed by atoms with van der Waals surface area (Å²) in [6, 6.07) is 8.93. The third kappa shape index (κ3) is 3.69. The van der Waals surface area contributed by atoms with E-state index in [1.807, 2.05) is 37.5 Å². The van der Waals surface area contributed by atoms with Crippen molar-refractivity contribution >= 4 is 17.2 Å². The summed E-state index contributed by atoms with van der Waals surface area (Å²) in [6.07, 6.45) is 12.7. The molecule has 9 heteroatoms. The molecule has 6 rings (SSSR count). The standard InChI is InChI=1S/C27H25FN8/c1-17-5-6-20(28)12-22(17)24-4-3-10-34(24)26-8-11-35-27(33-26)25(15-32-35)36-16-19(13-31-36)21-7-9-30-14-23(21)18(2)29/h5-9,11-16,24H,2-4,10,29H2,1H3/t24-/m1/s1. The summed E-state index contributed by atoms with van der Waals surface area (Å²) in [4.78, 5) is 11.4. The first-order valence-electron chi connectivity index (χ1n) is 11.8. The Morgan fingerprint density at radius 3 is 2.89 bits per heavy atom. The van der Waals surface area contributed by atoms with Crippen LogP contribution in [-0.2, 0) is 0 Å². The Morgan fingerprint density at radius 2 is 2.03 bits per heavy atom. The second-order valence-electron chi connectivity index (χ2n) is 9.06. The lowest BCUT2D eigenvalue weighted by Gasteiger charge is -2.27. The molecule has 0 amide bonds. The fourth-order valence-electron chi connectivity index (χ4n) is 5.00. The number of aryl methyl sites for hydroxylation is 1. The number of nitrogens with zero attached hydrogens (tertiary/aromatic N) is 7. The molecular formula is C27H25FN8. The number of anilines is 1. The molecule has 1 fully saturated rings. The third-order valence-electron chi connectivity index (χ3n) is 6.79. The highest BCUT2D eigenvalue weighted by Crippen LogP contribution is 2.37. The van der Waals surface area contributed by atoms with E-state index in [0.717, 1.165) is 58.7 Å². The normalized spacial score (nSPS) is 15.6. The van der Waals surface area contributed by atoms with Crippen molar-refractivity contribution in [3.8, 4) is 16.8 Å². The van der Waals surface area contributed by atoms with Crippen molar-refractivity contribution in [1.29, 1.82) is 0 Å². The van der Waals surface area contributed by atoms with Crippen molar-refractivity contribution < 1.29 is 4.39 Å². The van der Waals surface area contributed by atoms with E-state index in [1.54, 1.807) is 40.1 Å². The molecule has 5 heterocycles. The lowest BCUT2D eigenvalue weighted by molar-refractivity contribution is 0.616. The van der Waals surface area contributed by atoms with Crippen LogP contribution < -0.4 is 10.6 Å². The van der Waals surface area contributed by atoms with Crippen LogP contribution >= 0.6 is 0 Å². The first-order valence-corrected chi connectivity index (χ1v) is 11.8. The summed E-state index contributed by atoms with van der Waals surface area (Å²) in [5.41, 5.74) is 12.5. The van der Waals surface area contributed by atoms with Gasteiger partial charge >= 0.3 is 0 Å². The number of benzene rings is 1. The van der Waals surface area contributed by atoms with Gasteiger partial charge in [-0.1, -0.05) is 12.6 Å². The van der Waals surface area contributed by atoms with Gasteiger partial charge in [-0.25, -0.2) is 18.6 Å². The quantitative estimate of drug-likeness (QED) is 0.392. The van der Waals surface area contributed by atoms with E-state index in [2.05, 4.69) is 26.7 Å². The van der Waals surface area contributed by atoms with Crippen molar-refractivity contribution in [2.24, 2.45) is 5.73 Å². The van der Waals surface area contributed by atoms with Gasteiger partial charge in [-0.05, 0) is 60.7 Å². The summed E-state index contributed by atoms with van der Waals surface area (Å²) >= 11 is 0. The molecule has 180 valence electrons. The zero-order valence-corrected chi connectivity index (χ0v) is 19.8. The number of nitrogens with two attached hydrogens (primary N) is 1. The summed E-state index contributed by atoms with van der Waals surface area (Å²) < 4.78 is 17.6. The van der Waals surface area contributed by atoms with Crippen LogP contribution in [0, 0.1) is 12.7 Å². The van der Waals surface area contributed by atoms with Gasteiger partial charge in [0.05, 0.1) is 18.4 Å². The van der Waals surface area contributed by atoms with Gasteiger partial charge in [0.15, 0.2) is 5.65 Å². The van der Waals surface area contributed by atoms with E-state index >= 15 is 0 Å². The maximum atomic E-state index is 14.1. The number of hydrogen-bond donors (Lipinski definition) is 1. The van der Waals surface area contributed by atoms with Crippen molar-refractivity contribution in [3.05, 3.63) is 96.6 Å². The molecule has 1 aromatic carbocycles. The Hall–Kier alpha value is -4.53. The molecule has 0 spiro atoms. The third-order valence-corrected chi connectivity index (χ3v) is 6.79. The maximum absolute atomic E-state index is 14.1. The summed E-state index contributed by atoms with van der Waals surface area (Å²) in [5, 5.41) is 9.05. The van der Waals surface area contributed by atoms with E-state index in [0.29, 0.717) is 11.3 Å². The summed E-state index contributed by atoms with van der Waals surface area (Å²) in [6.45, 7) is 6.74. The molecule has 0 radical (unpaired) electrons. The fraction of sp³-hybridized carbons (Fsp3) is 0.185. The number of pyridine rings is 1. The fourth-order valence-corrected chi connectivity index (χ4v) is 5.00. The zero-order chi connectivity index (χ0) is 24.8. The average molecular weight is 481 g/mol. The molecule has 1 atom stereocenters. The smallest absolute Gasteiger partial charge is 0.183 e. The minimum Gasteiger partial charge on any atom is -0.399 e. The second kappa shape index (κ2) is 8.60. The highest BCUT2D eigenvalue weighted by Gasteiger charge is 2.29. The number of halogens is 1. The maximum Gasteiger partial charge on any atom is 0.183 e. The predicted octanol–water partition coefficient (Wildman–Crippen LogP) is 4.70. The van der Waals surface area contributed by atoms with Crippen LogP contribution in [0.5, 0.6) is 0 Å². The van der Waals surface area contributed by atoms with Gasteiger partial charge in [-0.3, -0.25) is 4.98 Å². The molecule has 4 aromatic heterocycles. The van der Waals surface area contributed by atoms with E-state index in [9.17, 15) is 4.39 Å². The van der Waals surface area contributed by atoms with E-state index in [4.69, 9.17) is 10.7 Å². The van der Waals surface area contributed by atoms with Crippen LogP contribution in [0.4, 0.5) is 10.2 Å². The van der Waals surface area contributed by atoms with Gasteiger partial charge in [-0.15, -0.1) is 0 Å². The highest BCUT2D eigenvalue weighted by atomic mass is 19.1. The molecule has 1 aliphatic heterocycles. The van der Waals surface area contributed by atoms with E-state index in [-0.39, 0.29) is 11.9 Å². The Balaban J connectivity index is 1.38. The van der Waals surface area contributed by atoms with Gasteiger partial charge in [-0.2, -0.15) is 10.2 Å². The zero-order valence-electron chi connectivity index (χ0n) is 19.8. The number of fused-ring (bicyclic) bond motifs is 1. The molecular weight excluding hydrogens is 455 g/mol. The largest absolute Gasteiger partial charge is 0.399 e. The molecule has 1 aliphatic rings. The van der Waals surface area contributed by atoms with Crippen LogP contribution in [0.3, 0.4) is 0 Å². The first kappa shape index (κ1) is 22.0. The average Bonchev–Trinajstić information content (AvgIpc) is 3.64. The summed E-state index contributed by atoms with van der Waals surface area (Å²) in [7, 11) is 0. The van der Waals surface area contributed by atoms with Crippen molar-refractivity contribution in [2.45, 2.75) is 25.8 Å². The molecule has 5 aromatic rings. The molecule has 0 aliphatic carbocycles. The summed E-state index contributed by atoms with van der Waals surface area (Å²) in [5.74, 6) is 0.618. The van der Waals surface area contributed by atoms with Crippen LogP contribution in [0.1, 0.15) is 35.6 Å². The predicted molar refractivity (Wildman–Crippen MR) is 137 cm³/mol. The minimum absolute atomic E-state index is 0.0767. The highest BCUT2D eigenvalue weighted by molar-refractivity contribution is 5.78. The molecule has 2 N–H and O–H groups in total. The Labute approximate surface area is 207 Å². The van der Waals surface area contributed by atoms with Gasteiger partial charge < -0.3 is 10.6 Å². The Morgan fingerprint density at radius 1 is 1.14 bits per heavy atom. The van der Waals surface area contributed by atoms with Gasteiger partial charge in [0.25, 0.3) is 0 Å². The van der Waals surface area contributed by atoms with Crippen LogP contribution in [0.15, 0.2) is 74.1 Å². The lowest BCUT2D eigenvalue weighted by atomic mass is 9.99. The van der Waals surface area contributed by atoms with Crippen molar-refractivity contribution in [2.75, 3.05) is 11.4 Å². The van der Waals surface area contributed by atoms with Gasteiger partial charge in [0.2, 0.25) is 0 Å². The topological polar surface area (TPSA) is 90.2 Å². The van der Waals surface area contributed by atoms with Crippen molar-refractivity contribution in [1.82, 2.24) is 29.4 Å². The molecule has 8 nitrogen and oxygen atoms in total. The Kier molecular flexibility index (Phi) is 5.25. The van der Waals surface area contributed by atoms with Crippen molar-refractivity contribution in [3.63, 3.8) is 0 Å². The molecule has 0 unspecified atom stereocenters. The number of aromatic nitrogens is 6. The SMILES string of the molecule is C=C(N)c1cnccc1-c1cnn(-c2cnn3ccc(N4CCC[C@@H]4c4cc(F)ccc4C)nc23)c1. The minimum atomic E-state index is -0.214. The number of hydrogen-bond acceptors (Lipinski definition) is 6. The second-order valence-corrected chi connectivity index (χ2v) is 9.06. The Bertz CT molecular complexity index is 1600. The van der Waals surface area contributed by atoms with E-state index in [1.165, 1.54) is 6.07 Å². The van der Waals surface area contributed by atoms with Crippen LogP contribution in [0.25, 0.3) is 28.2 Å². The van der Waals surface area contributed by atoms with Crippen LogP contribution in [-0.4, -0.2) is 35.9 Å². The van der Waals surface area contributed by atoms with Crippen LogP contribution in [0.2, 0.25) is 0 Å². The molecule has 0 saturated carbocycles. The van der Waals surface area contributed by atoms with Gasteiger partial charge in [0.1, 0.15) is 17.3 Å². The molecule has 1 saturated heterocycles. The molecule has 36 heavy (non-hydrogen) atoms. The number of rotatable bonds is 5. The van der Waals surface area contributed by atoms with Gasteiger partial charge in [0, 0.05) is 48.2 Å². The lowest BCUT2D eigenvalue weighted by Crippen LogP contribution is -2.24. The monoisotopic (exact) mass is 480 g/mol. The van der Waals surface area contributed by atoms with E-state index < -0.39 is 0 Å². The first-order chi connectivity index (χ1) is 17.5.